The largest absolute Gasteiger partial charge is 0.430 e. The van der Waals surface area contributed by atoms with Crippen molar-refractivity contribution >= 4 is 5.91 Å². The van der Waals surface area contributed by atoms with E-state index in [1.54, 1.807) is 0 Å². The maximum atomic E-state index is 12.3. The summed E-state index contributed by atoms with van der Waals surface area (Å²) in [4.78, 5) is 23.3. The summed E-state index contributed by atoms with van der Waals surface area (Å²) >= 11 is 0. The zero-order valence-electron chi connectivity index (χ0n) is 13.0. The van der Waals surface area contributed by atoms with E-state index in [-0.39, 0.29) is 11.9 Å². The van der Waals surface area contributed by atoms with E-state index in [9.17, 15) is 9.59 Å². The molecule has 3 aliphatic rings. The van der Waals surface area contributed by atoms with Gasteiger partial charge in [-0.3, -0.25) is 4.79 Å². The second kappa shape index (κ2) is 5.25. The highest BCUT2D eigenvalue weighted by Crippen LogP contribution is 2.58. The van der Waals surface area contributed by atoms with Gasteiger partial charge < -0.3 is 9.73 Å². The summed E-state index contributed by atoms with van der Waals surface area (Å²) in [6, 6.07) is 3.02. The monoisotopic (exact) mass is 301 g/mol. The normalized spacial score (nSPS) is 37.0. The molecule has 0 saturated heterocycles. The van der Waals surface area contributed by atoms with Gasteiger partial charge in [0.15, 0.2) is 0 Å². The lowest BCUT2D eigenvalue weighted by atomic mass is 9.62. The van der Waals surface area contributed by atoms with Gasteiger partial charge in [0.2, 0.25) is 0 Å². The zero-order chi connectivity index (χ0) is 15.3. The van der Waals surface area contributed by atoms with Crippen LogP contribution in [0.25, 0.3) is 0 Å². The van der Waals surface area contributed by atoms with Crippen molar-refractivity contribution in [1.29, 1.82) is 0 Å². The van der Waals surface area contributed by atoms with Crippen molar-refractivity contribution in [3.63, 3.8) is 0 Å². The van der Waals surface area contributed by atoms with Gasteiger partial charge in [-0.1, -0.05) is 0 Å². The van der Waals surface area contributed by atoms with Gasteiger partial charge in [-0.2, -0.15) is 0 Å². The summed E-state index contributed by atoms with van der Waals surface area (Å²) < 4.78 is 4.79. The van der Waals surface area contributed by atoms with E-state index < -0.39 is 5.63 Å². The van der Waals surface area contributed by atoms with Crippen LogP contribution in [0.15, 0.2) is 27.6 Å². The highest BCUT2D eigenvalue weighted by atomic mass is 16.4. The minimum atomic E-state index is -0.425. The van der Waals surface area contributed by atoms with Crippen LogP contribution in [0.2, 0.25) is 0 Å². The number of nitrogens with one attached hydrogen (secondary N) is 1. The molecule has 0 spiro atoms. The number of hydrogen-bond donors (Lipinski definition) is 1. The molecule has 4 heteroatoms. The average Bonchev–Trinajstić information content (AvgIpc) is 2.70. The Kier molecular flexibility index (Phi) is 3.35. The first kappa shape index (κ1) is 14.0. The Bertz CT molecular complexity index is 617. The van der Waals surface area contributed by atoms with Gasteiger partial charge in [-0.25, -0.2) is 4.79 Å². The second-order valence-electron chi connectivity index (χ2n) is 7.52. The molecule has 0 aromatic carbocycles. The van der Waals surface area contributed by atoms with Crippen LogP contribution in [0.5, 0.6) is 0 Å². The lowest BCUT2D eigenvalue weighted by molar-refractivity contribution is 0.0518. The van der Waals surface area contributed by atoms with E-state index >= 15 is 0 Å². The van der Waals surface area contributed by atoms with E-state index in [0.717, 1.165) is 23.7 Å². The third-order valence-electron chi connectivity index (χ3n) is 6.33. The molecular weight excluding hydrogens is 278 g/mol. The van der Waals surface area contributed by atoms with Gasteiger partial charge >= 0.3 is 5.63 Å². The highest BCUT2D eigenvalue weighted by molar-refractivity contribution is 5.93. The fourth-order valence-electron chi connectivity index (χ4n) is 5.60. The van der Waals surface area contributed by atoms with Crippen LogP contribution in [0.3, 0.4) is 0 Å². The number of carbonyl (C=O) groups is 1. The van der Waals surface area contributed by atoms with Crippen molar-refractivity contribution in [2.75, 3.05) is 0 Å². The topological polar surface area (TPSA) is 59.3 Å². The van der Waals surface area contributed by atoms with Gasteiger partial charge in [0.05, 0.1) is 5.56 Å². The summed E-state index contributed by atoms with van der Waals surface area (Å²) in [6.45, 7) is 2.15. The lowest BCUT2D eigenvalue weighted by Crippen LogP contribution is -2.48. The molecule has 3 saturated carbocycles. The minimum Gasteiger partial charge on any atom is -0.430 e. The molecule has 0 unspecified atom stereocenters. The van der Waals surface area contributed by atoms with E-state index in [0.29, 0.717) is 11.5 Å². The fraction of sp³-hybridized carbons (Fsp3) is 0.667. The van der Waals surface area contributed by atoms with Gasteiger partial charge in [0.25, 0.3) is 5.91 Å². The summed E-state index contributed by atoms with van der Waals surface area (Å²) in [5, 5.41) is 3.15. The molecule has 0 radical (unpaired) electrons. The SMILES string of the molecule is C[C@@H](NC(=O)c1ccc(=O)oc1)[C@@H]1[C@@H]2CC[C@H]3C[C@H](C2)C[C@@H]31. The Morgan fingerprint density at radius 2 is 2.00 bits per heavy atom. The molecular formula is C18H23NO3. The first-order valence-corrected chi connectivity index (χ1v) is 8.51. The van der Waals surface area contributed by atoms with Crippen molar-refractivity contribution in [3.8, 4) is 0 Å². The van der Waals surface area contributed by atoms with Crippen LogP contribution in [-0.2, 0) is 0 Å². The van der Waals surface area contributed by atoms with Gasteiger partial charge in [0.1, 0.15) is 6.26 Å². The zero-order valence-corrected chi connectivity index (χ0v) is 13.0. The molecule has 1 amide bonds. The standard InChI is InChI=1S/C18H23NO3/c1-10(19-18(21)14-4-5-16(20)22-9-14)17-13-3-2-12-6-11(7-13)8-15(12)17/h4-5,9-13,15,17H,2-3,6-8H2,1H3,(H,19,21)/t10-,11-,12+,13-,15+,17-/m1/s1. The van der Waals surface area contributed by atoms with Crippen LogP contribution < -0.4 is 10.9 Å². The quantitative estimate of drug-likeness (QED) is 0.934. The fourth-order valence-corrected chi connectivity index (χ4v) is 5.60. The van der Waals surface area contributed by atoms with Crippen molar-refractivity contribution in [2.45, 2.75) is 45.1 Å². The molecule has 0 aliphatic heterocycles. The predicted molar refractivity (Wildman–Crippen MR) is 82.4 cm³/mol. The van der Waals surface area contributed by atoms with Crippen molar-refractivity contribution in [2.24, 2.45) is 29.6 Å². The average molecular weight is 301 g/mol. The lowest BCUT2D eigenvalue weighted by Gasteiger charge is -2.45. The molecule has 4 nitrogen and oxygen atoms in total. The highest BCUT2D eigenvalue weighted by Gasteiger charge is 2.51. The smallest absolute Gasteiger partial charge is 0.335 e. The molecule has 1 heterocycles. The van der Waals surface area contributed by atoms with Crippen LogP contribution in [0.1, 0.15) is 49.4 Å². The van der Waals surface area contributed by atoms with Crippen LogP contribution >= 0.6 is 0 Å². The number of hydrogen-bond acceptors (Lipinski definition) is 3. The molecule has 3 bridgehead atoms. The summed E-state index contributed by atoms with van der Waals surface area (Å²) in [6.07, 6.45) is 8.13. The Labute approximate surface area is 130 Å². The maximum absolute atomic E-state index is 12.3. The molecule has 1 N–H and O–H groups in total. The second-order valence-corrected chi connectivity index (χ2v) is 7.52. The van der Waals surface area contributed by atoms with Crippen molar-refractivity contribution in [3.05, 3.63) is 34.4 Å². The first-order chi connectivity index (χ1) is 10.6. The van der Waals surface area contributed by atoms with E-state index in [4.69, 9.17) is 4.42 Å². The number of rotatable bonds is 3. The summed E-state index contributed by atoms with van der Waals surface area (Å²) in [5.41, 5.74) is 0.00269. The number of carbonyl (C=O) groups excluding carboxylic acids is 1. The number of fused-ring (bicyclic) bond motifs is 2. The van der Waals surface area contributed by atoms with Crippen molar-refractivity contribution < 1.29 is 9.21 Å². The Hall–Kier alpha value is -1.58. The molecule has 3 aliphatic carbocycles. The van der Waals surface area contributed by atoms with E-state index in [1.165, 1.54) is 50.5 Å². The van der Waals surface area contributed by atoms with Crippen LogP contribution in [-0.4, -0.2) is 11.9 Å². The molecule has 6 atom stereocenters. The third kappa shape index (κ3) is 2.29. The summed E-state index contributed by atoms with van der Waals surface area (Å²) in [7, 11) is 0. The number of amides is 1. The Morgan fingerprint density at radius 3 is 2.77 bits per heavy atom. The Morgan fingerprint density at radius 1 is 1.23 bits per heavy atom. The third-order valence-corrected chi connectivity index (χ3v) is 6.33. The molecule has 4 rings (SSSR count). The van der Waals surface area contributed by atoms with Gasteiger partial charge in [-0.15, -0.1) is 0 Å². The maximum Gasteiger partial charge on any atom is 0.335 e. The predicted octanol–water partition coefficient (Wildman–Crippen LogP) is 2.83. The van der Waals surface area contributed by atoms with Gasteiger partial charge in [0, 0.05) is 12.1 Å². The molecule has 118 valence electrons. The van der Waals surface area contributed by atoms with E-state index in [1.807, 2.05) is 0 Å². The van der Waals surface area contributed by atoms with E-state index in [2.05, 4.69) is 12.2 Å². The summed E-state index contributed by atoms with van der Waals surface area (Å²) in [5.74, 6) is 3.92. The minimum absolute atomic E-state index is 0.132. The van der Waals surface area contributed by atoms with Crippen LogP contribution in [0.4, 0.5) is 0 Å². The first-order valence-electron chi connectivity index (χ1n) is 8.51. The molecule has 1 aromatic rings. The molecule has 3 fully saturated rings. The van der Waals surface area contributed by atoms with Crippen molar-refractivity contribution in [1.82, 2.24) is 5.32 Å². The molecule has 22 heavy (non-hydrogen) atoms. The molecule has 1 aromatic heterocycles. The Balaban J connectivity index is 1.48. The van der Waals surface area contributed by atoms with Gasteiger partial charge in [-0.05, 0) is 74.7 Å². The van der Waals surface area contributed by atoms with Crippen LogP contribution in [0, 0.1) is 29.6 Å².